The third-order valence-corrected chi connectivity index (χ3v) is 4.87. The summed E-state index contributed by atoms with van der Waals surface area (Å²) in [6.07, 6.45) is 4.65. The maximum absolute atomic E-state index is 12.4. The van der Waals surface area contributed by atoms with Crippen molar-refractivity contribution in [1.82, 2.24) is 19.6 Å². The second kappa shape index (κ2) is 7.55. The maximum atomic E-state index is 12.4. The van der Waals surface area contributed by atoms with Gasteiger partial charge in [0.1, 0.15) is 23.0 Å². The molecule has 4 rings (SSSR count). The number of benzene rings is 1. The highest BCUT2D eigenvalue weighted by atomic mass is 32.1. The number of hydrogen-bond acceptors (Lipinski definition) is 6. The van der Waals surface area contributed by atoms with E-state index in [4.69, 9.17) is 4.74 Å². The van der Waals surface area contributed by atoms with E-state index in [9.17, 15) is 4.79 Å². The molecular weight excluding hydrogens is 362 g/mol. The number of pyridine rings is 1. The van der Waals surface area contributed by atoms with Crippen LogP contribution in [0.25, 0.3) is 5.65 Å². The number of fused-ring (bicyclic) bond motifs is 1. The van der Waals surface area contributed by atoms with Crippen LogP contribution in [0.2, 0.25) is 0 Å². The predicted molar refractivity (Wildman–Crippen MR) is 103 cm³/mol. The molecular formula is C19H17N5O2S. The predicted octanol–water partition coefficient (Wildman–Crippen LogP) is 3.58. The van der Waals surface area contributed by atoms with E-state index in [0.29, 0.717) is 23.1 Å². The summed E-state index contributed by atoms with van der Waals surface area (Å²) >= 11 is 1.37. The highest BCUT2D eigenvalue weighted by Crippen LogP contribution is 2.19. The van der Waals surface area contributed by atoms with Gasteiger partial charge in [0.25, 0.3) is 5.91 Å². The lowest BCUT2D eigenvalue weighted by molar-refractivity contribution is 0.102. The molecule has 1 amide bonds. The SMILES string of the molecule is CCc1nnc(NC(=O)c2cccc(OCc3cn4ccccc4n3)c2)s1. The molecule has 0 bridgehead atoms. The number of nitrogens with zero attached hydrogens (tertiary/aromatic N) is 4. The quantitative estimate of drug-likeness (QED) is 0.554. The van der Waals surface area contributed by atoms with Gasteiger partial charge in [0.05, 0.1) is 5.69 Å². The van der Waals surface area contributed by atoms with Crippen molar-refractivity contribution in [3.8, 4) is 5.75 Å². The van der Waals surface area contributed by atoms with Crippen molar-refractivity contribution in [3.05, 3.63) is 71.1 Å². The molecule has 0 aliphatic rings. The Labute approximate surface area is 159 Å². The molecule has 8 heteroatoms. The largest absolute Gasteiger partial charge is 0.487 e. The molecule has 1 aromatic carbocycles. The fourth-order valence-corrected chi connectivity index (χ4v) is 3.23. The van der Waals surface area contributed by atoms with Gasteiger partial charge in [0.2, 0.25) is 5.13 Å². The Morgan fingerprint density at radius 1 is 1.22 bits per heavy atom. The summed E-state index contributed by atoms with van der Waals surface area (Å²) in [4.78, 5) is 16.9. The van der Waals surface area contributed by atoms with Crippen molar-refractivity contribution in [2.75, 3.05) is 5.32 Å². The lowest BCUT2D eigenvalue weighted by atomic mass is 10.2. The average molecular weight is 379 g/mol. The van der Waals surface area contributed by atoms with E-state index in [-0.39, 0.29) is 5.91 Å². The van der Waals surface area contributed by atoms with Crippen LogP contribution in [0.4, 0.5) is 5.13 Å². The van der Waals surface area contributed by atoms with Crippen molar-refractivity contribution >= 4 is 28.0 Å². The number of ether oxygens (including phenoxy) is 1. The van der Waals surface area contributed by atoms with E-state index in [1.165, 1.54) is 11.3 Å². The van der Waals surface area contributed by atoms with E-state index >= 15 is 0 Å². The van der Waals surface area contributed by atoms with Gasteiger partial charge in [-0.15, -0.1) is 10.2 Å². The van der Waals surface area contributed by atoms with Crippen LogP contribution in [0.3, 0.4) is 0 Å². The van der Waals surface area contributed by atoms with Gasteiger partial charge in [0.15, 0.2) is 0 Å². The van der Waals surface area contributed by atoms with Gasteiger partial charge in [-0.3, -0.25) is 10.1 Å². The van der Waals surface area contributed by atoms with Gasteiger partial charge in [-0.2, -0.15) is 0 Å². The molecule has 0 radical (unpaired) electrons. The fourth-order valence-electron chi connectivity index (χ4n) is 2.56. The zero-order chi connectivity index (χ0) is 18.6. The fraction of sp³-hybridized carbons (Fsp3) is 0.158. The summed E-state index contributed by atoms with van der Waals surface area (Å²) in [5.41, 5.74) is 2.18. The second-order valence-electron chi connectivity index (χ2n) is 5.82. The molecule has 3 heterocycles. The van der Waals surface area contributed by atoms with Crippen LogP contribution >= 0.6 is 11.3 Å². The van der Waals surface area contributed by atoms with Crippen molar-refractivity contribution in [1.29, 1.82) is 0 Å². The Morgan fingerprint density at radius 3 is 2.96 bits per heavy atom. The molecule has 0 aliphatic carbocycles. The molecule has 0 aliphatic heterocycles. The van der Waals surface area contributed by atoms with Crippen LogP contribution in [0.1, 0.15) is 28.0 Å². The van der Waals surface area contributed by atoms with Gasteiger partial charge < -0.3 is 9.14 Å². The Morgan fingerprint density at radius 2 is 2.15 bits per heavy atom. The maximum Gasteiger partial charge on any atom is 0.257 e. The molecule has 7 nitrogen and oxygen atoms in total. The average Bonchev–Trinajstić information content (AvgIpc) is 3.32. The minimum absolute atomic E-state index is 0.244. The molecule has 0 unspecified atom stereocenters. The summed E-state index contributed by atoms with van der Waals surface area (Å²) in [5.74, 6) is 0.359. The van der Waals surface area contributed by atoms with Crippen molar-refractivity contribution in [2.24, 2.45) is 0 Å². The summed E-state index contributed by atoms with van der Waals surface area (Å²) in [6, 6.07) is 12.9. The van der Waals surface area contributed by atoms with Crippen LogP contribution in [-0.2, 0) is 13.0 Å². The Kier molecular flexibility index (Phi) is 4.80. The third-order valence-electron chi connectivity index (χ3n) is 3.89. The van der Waals surface area contributed by atoms with Gasteiger partial charge in [-0.25, -0.2) is 4.98 Å². The normalized spacial score (nSPS) is 10.9. The lowest BCUT2D eigenvalue weighted by Crippen LogP contribution is -2.11. The Bertz CT molecular complexity index is 1060. The molecule has 0 fully saturated rings. The first-order valence-electron chi connectivity index (χ1n) is 8.50. The van der Waals surface area contributed by atoms with Crippen LogP contribution in [0.5, 0.6) is 5.75 Å². The molecule has 0 atom stereocenters. The van der Waals surface area contributed by atoms with Crippen molar-refractivity contribution < 1.29 is 9.53 Å². The monoisotopic (exact) mass is 379 g/mol. The molecule has 0 spiro atoms. The zero-order valence-electron chi connectivity index (χ0n) is 14.6. The lowest BCUT2D eigenvalue weighted by Gasteiger charge is -2.06. The number of anilines is 1. The van der Waals surface area contributed by atoms with E-state index < -0.39 is 0 Å². The van der Waals surface area contributed by atoms with Crippen molar-refractivity contribution in [2.45, 2.75) is 20.0 Å². The number of carbonyl (C=O) groups is 1. The van der Waals surface area contributed by atoms with E-state index in [1.807, 2.05) is 48.0 Å². The molecule has 1 N–H and O–H groups in total. The highest BCUT2D eigenvalue weighted by Gasteiger charge is 2.11. The number of rotatable bonds is 6. The summed E-state index contributed by atoms with van der Waals surface area (Å²) in [6.45, 7) is 2.32. The number of amides is 1. The summed E-state index contributed by atoms with van der Waals surface area (Å²) in [5, 5.41) is 12.1. The molecule has 27 heavy (non-hydrogen) atoms. The van der Waals surface area contributed by atoms with E-state index in [2.05, 4.69) is 20.5 Å². The Balaban J connectivity index is 1.42. The number of imidazole rings is 1. The third kappa shape index (κ3) is 3.95. The first-order valence-corrected chi connectivity index (χ1v) is 9.32. The minimum atomic E-state index is -0.244. The van der Waals surface area contributed by atoms with Crippen LogP contribution < -0.4 is 10.1 Å². The second-order valence-corrected chi connectivity index (χ2v) is 6.89. The van der Waals surface area contributed by atoms with Crippen LogP contribution in [0.15, 0.2) is 54.9 Å². The molecule has 4 aromatic rings. The molecule has 136 valence electrons. The van der Waals surface area contributed by atoms with Gasteiger partial charge >= 0.3 is 0 Å². The van der Waals surface area contributed by atoms with E-state index in [1.54, 1.807) is 18.2 Å². The first-order chi connectivity index (χ1) is 13.2. The molecule has 0 saturated heterocycles. The highest BCUT2D eigenvalue weighted by molar-refractivity contribution is 7.15. The first kappa shape index (κ1) is 17.2. The number of aromatic nitrogens is 4. The molecule has 0 saturated carbocycles. The standard InChI is InChI=1S/C19H17N5O2S/c1-2-17-22-23-19(27-17)21-18(25)13-6-5-7-15(10-13)26-12-14-11-24-9-4-3-8-16(24)20-14/h3-11H,2,12H2,1H3,(H,21,23,25). The minimum Gasteiger partial charge on any atom is -0.487 e. The van der Waals surface area contributed by atoms with Gasteiger partial charge in [-0.05, 0) is 36.8 Å². The van der Waals surface area contributed by atoms with Gasteiger partial charge in [-0.1, -0.05) is 30.4 Å². The summed E-state index contributed by atoms with van der Waals surface area (Å²) < 4.78 is 7.74. The number of nitrogens with one attached hydrogen (secondary N) is 1. The van der Waals surface area contributed by atoms with Crippen LogP contribution in [0, 0.1) is 0 Å². The van der Waals surface area contributed by atoms with Crippen LogP contribution in [-0.4, -0.2) is 25.5 Å². The number of aryl methyl sites for hydroxylation is 1. The summed E-state index contributed by atoms with van der Waals surface area (Å²) in [7, 11) is 0. The smallest absolute Gasteiger partial charge is 0.257 e. The number of carbonyl (C=O) groups excluding carboxylic acids is 1. The zero-order valence-corrected chi connectivity index (χ0v) is 15.4. The number of hydrogen-bond donors (Lipinski definition) is 1. The van der Waals surface area contributed by atoms with Gasteiger partial charge in [0, 0.05) is 18.0 Å². The van der Waals surface area contributed by atoms with Crippen molar-refractivity contribution in [3.63, 3.8) is 0 Å². The topological polar surface area (TPSA) is 81.4 Å². The molecule has 3 aromatic heterocycles. The Hall–Kier alpha value is -3.26. The van der Waals surface area contributed by atoms with E-state index in [0.717, 1.165) is 22.8 Å².